The molecule has 0 aliphatic rings. The molecule has 174 valence electrons. The Hall–Kier alpha value is -0.130. The van der Waals surface area contributed by atoms with Crippen LogP contribution in [0.25, 0.3) is 0 Å². The Morgan fingerprint density at radius 3 is 1.69 bits per heavy atom. The minimum absolute atomic E-state index is 0.220. The molecule has 1 amide bonds. The Labute approximate surface area is 185 Å². The zero-order valence-electron chi connectivity index (χ0n) is 17.5. The van der Waals surface area contributed by atoms with E-state index < -0.39 is 6.04 Å². The molecule has 0 radical (unpaired) electrons. The molecule has 10 heteroatoms. The van der Waals surface area contributed by atoms with E-state index in [1.807, 2.05) is 0 Å². The highest BCUT2D eigenvalue weighted by atomic mass is 35.5. The first-order valence-corrected chi connectivity index (χ1v) is 11.5. The third-order valence-corrected chi connectivity index (χ3v) is 4.40. The van der Waals surface area contributed by atoms with E-state index in [4.69, 9.17) is 41.0 Å². The predicted octanol–water partition coefficient (Wildman–Crippen LogP) is 1.24. The number of hydrogen-bond acceptors (Lipinski definition) is 8. The molecule has 0 aliphatic heterocycles. The first kappa shape index (κ1) is 28.9. The first-order valence-electron chi connectivity index (χ1n) is 10.3. The second-order valence-corrected chi connectivity index (χ2v) is 6.99. The fourth-order valence-electron chi connectivity index (χ4n) is 2.09. The zero-order valence-corrected chi connectivity index (χ0v) is 19.1. The van der Waals surface area contributed by atoms with Crippen molar-refractivity contribution in [3.63, 3.8) is 0 Å². The SMILES string of the molecule is N[C@@H](CS)C(=O)NCCOCCOCCOCCOCCOCCCCCCCl. The molecular weight excluding hydrogens is 420 g/mol. The van der Waals surface area contributed by atoms with E-state index >= 15 is 0 Å². The van der Waals surface area contributed by atoms with Crippen LogP contribution in [0.4, 0.5) is 0 Å². The van der Waals surface area contributed by atoms with Gasteiger partial charge in [0, 0.05) is 24.8 Å². The number of nitrogens with one attached hydrogen (secondary N) is 1. The van der Waals surface area contributed by atoms with Crippen LogP contribution in [0.1, 0.15) is 25.7 Å². The normalized spacial score (nSPS) is 12.2. The Bertz CT molecular complexity index is 359. The monoisotopic (exact) mass is 458 g/mol. The van der Waals surface area contributed by atoms with Crippen molar-refractivity contribution in [3.05, 3.63) is 0 Å². The van der Waals surface area contributed by atoms with Crippen molar-refractivity contribution < 1.29 is 28.5 Å². The molecule has 0 aromatic rings. The standard InChI is InChI=1S/C19H39ClN2O6S/c20-5-3-1-2-4-7-24-9-11-26-13-15-28-16-14-27-12-10-25-8-6-22-19(23)18(21)17-29/h18,29H,1-17,21H2,(H,22,23)/t18-/m0/s1. The van der Waals surface area contributed by atoms with Gasteiger partial charge in [0.05, 0.1) is 65.5 Å². The number of amides is 1. The van der Waals surface area contributed by atoms with E-state index in [2.05, 4.69) is 17.9 Å². The van der Waals surface area contributed by atoms with Gasteiger partial charge < -0.3 is 34.7 Å². The molecular formula is C19H39ClN2O6S. The highest BCUT2D eigenvalue weighted by molar-refractivity contribution is 7.80. The Kier molecular flexibility index (Phi) is 24.0. The van der Waals surface area contributed by atoms with Crippen molar-refractivity contribution in [2.45, 2.75) is 31.7 Å². The lowest BCUT2D eigenvalue weighted by Gasteiger charge is -2.10. The van der Waals surface area contributed by atoms with Gasteiger partial charge >= 0.3 is 0 Å². The van der Waals surface area contributed by atoms with Gasteiger partial charge in [-0.25, -0.2) is 0 Å². The van der Waals surface area contributed by atoms with Crippen molar-refractivity contribution in [2.75, 3.05) is 84.2 Å². The molecule has 0 spiro atoms. The second kappa shape index (κ2) is 24.1. The van der Waals surface area contributed by atoms with Crippen molar-refractivity contribution in [2.24, 2.45) is 5.73 Å². The van der Waals surface area contributed by atoms with Crippen molar-refractivity contribution in [1.29, 1.82) is 0 Å². The molecule has 29 heavy (non-hydrogen) atoms. The lowest BCUT2D eigenvalue weighted by atomic mass is 10.2. The van der Waals surface area contributed by atoms with Crippen LogP contribution in [0, 0.1) is 0 Å². The molecule has 0 heterocycles. The summed E-state index contributed by atoms with van der Waals surface area (Å²) in [6.07, 6.45) is 4.49. The Balaban J connectivity index is 3.07. The maximum atomic E-state index is 11.4. The summed E-state index contributed by atoms with van der Waals surface area (Å²) in [6, 6.07) is -0.582. The number of nitrogens with two attached hydrogens (primary N) is 1. The van der Waals surface area contributed by atoms with Crippen LogP contribution in [0.3, 0.4) is 0 Å². The fourth-order valence-corrected chi connectivity index (χ4v) is 2.45. The lowest BCUT2D eigenvalue weighted by molar-refractivity contribution is -0.122. The molecule has 0 aliphatic carbocycles. The van der Waals surface area contributed by atoms with Crippen molar-refractivity contribution in [3.8, 4) is 0 Å². The second-order valence-electron chi connectivity index (χ2n) is 6.25. The van der Waals surface area contributed by atoms with Crippen LogP contribution >= 0.6 is 24.2 Å². The van der Waals surface area contributed by atoms with E-state index in [1.54, 1.807) is 0 Å². The molecule has 1 atom stereocenters. The summed E-state index contributed by atoms with van der Waals surface area (Å²) in [5.41, 5.74) is 5.53. The molecule has 0 saturated carbocycles. The molecule has 8 nitrogen and oxygen atoms in total. The van der Waals surface area contributed by atoms with Crippen molar-refractivity contribution in [1.82, 2.24) is 5.32 Å². The largest absolute Gasteiger partial charge is 0.379 e. The minimum Gasteiger partial charge on any atom is -0.379 e. The minimum atomic E-state index is -0.582. The number of unbranched alkanes of at least 4 members (excludes halogenated alkanes) is 3. The molecule has 0 aromatic heterocycles. The van der Waals surface area contributed by atoms with Gasteiger partial charge in [0.15, 0.2) is 0 Å². The van der Waals surface area contributed by atoms with Gasteiger partial charge in [-0.05, 0) is 12.8 Å². The molecule has 0 rings (SSSR count). The number of halogens is 1. The van der Waals surface area contributed by atoms with E-state index in [0.29, 0.717) is 71.8 Å². The highest BCUT2D eigenvalue weighted by Crippen LogP contribution is 2.01. The Morgan fingerprint density at radius 2 is 1.21 bits per heavy atom. The molecule has 0 saturated heterocycles. The van der Waals surface area contributed by atoms with E-state index in [1.165, 1.54) is 12.8 Å². The topological polar surface area (TPSA) is 101 Å². The molecule has 0 fully saturated rings. The quantitative estimate of drug-likeness (QED) is 0.120. The zero-order chi connectivity index (χ0) is 21.4. The third kappa shape index (κ3) is 22.4. The summed E-state index contributed by atoms with van der Waals surface area (Å²) >= 11 is 9.59. The number of carbonyl (C=O) groups excluding carboxylic acids is 1. The highest BCUT2D eigenvalue weighted by Gasteiger charge is 2.09. The number of alkyl halides is 1. The molecule has 3 N–H and O–H groups in total. The number of hydrogen-bond donors (Lipinski definition) is 3. The summed E-state index contributed by atoms with van der Waals surface area (Å²) in [7, 11) is 0. The Morgan fingerprint density at radius 1 is 0.759 bits per heavy atom. The van der Waals surface area contributed by atoms with Gasteiger partial charge in [-0.2, -0.15) is 12.6 Å². The summed E-state index contributed by atoms with van der Waals surface area (Å²) in [6.45, 7) is 5.85. The first-order chi connectivity index (χ1) is 14.2. The van der Waals surface area contributed by atoms with Gasteiger partial charge in [-0.15, -0.1) is 11.6 Å². The van der Waals surface area contributed by atoms with Crippen LogP contribution in [0.5, 0.6) is 0 Å². The van der Waals surface area contributed by atoms with Gasteiger partial charge in [0.1, 0.15) is 0 Å². The average molecular weight is 459 g/mol. The van der Waals surface area contributed by atoms with Crippen LogP contribution in [0.2, 0.25) is 0 Å². The predicted molar refractivity (Wildman–Crippen MR) is 118 cm³/mol. The summed E-state index contributed by atoms with van der Waals surface area (Å²) in [4.78, 5) is 11.4. The summed E-state index contributed by atoms with van der Waals surface area (Å²) in [5, 5.41) is 2.67. The van der Waals surface area contributed by atoms with E-state index in [-0.39, 0.29) is 5.91 Å². The lowest BCUT2D eigenvalue weighted by Crippen LogP contribution is -2.43. The molecule has 0 bridgehead atoms. The smallest absolute Gasteiger partial charge is 0.237 e. The van der Waals surface area contributed by atoms with Crippen LogP contribution in [-0.2, 0) is 28.5 Å². The fraction of sp³-hybridized carbons (Fsp3) is 0.947. The van der Waals surface area contributed by atoms with Gasteiger partial charge in [0.25, 0.3) is 0 Å². The maximum Gasteiger partial charge on any atom is 0.237 e. The average Bonchev–Trinajstić information content (AvgIpc) is 2.74. The van der Waals surface area contributed by atoms with Gasteiger partial charge in [0.2, 0.25) is 5.91 Å². The van der Waals surface area contributed by atoms with Crippen LogP contribution in [-0.4, -0.2) is 96.2 Å². The molecule has 0 aromatic carbocycles. The van der Waals surface area contributed by atoms with Gasteiger partial charge in [-0.1, -0.05) is 12.8 Å². The molecule has 0 unspecified atom stereocenters. The maximum absolute atomic E-state index is 11.4. The number of ether oxygens (including phenoxy) is 5. The van der Waals surface area contributed by atoms with Crippen LogP contribution in [0.15, 0.2) is 0 Å². The van der Waals surface area contributed by atoms with Crippen molar-refractivity contribution >= 4 is 30.1 Å². The summed E-state index contributed by atoms with van der Waals surface area (Å²) < 4.78 is 27.1. The van der Waals surface area contributed by atoms with E-state index in [0.717, 1.165) is 25.3 Å². The number of carbonyl (C=O) groups is 1. The van der Waals surface area contributed by atoms with Crippen LogP contribution < -0.4 is 11.1 Å². The number of rotatable bonds is 23. The third-order valence-electron chi connectivity index (χ3n) is 3.74. The van der Waals surface area contributed by atoms with E-state index in [9.17, 15) is 4.79 Å². The summed E-state index contributed by atoms with van der Waals surface area (Å²) in [5.74, 6) is 0.842. The number of thiol groups is 1. The van der Waals surface area contributed by atoms with Gasteiger partial charge in [-0.3, -0.25) is 4.79 Å².